The maximum absolute atomic E-state index is 13.2. The fourth-order valence-electron chi connectivity index (χ4n) is 3.85. The van der Waals surface area contributed by atoms with Crippen molar-refractivity contribution in [3.63, 3.8) is 0 Å². The molecule has 0 unspecified atom stereocenters. The Balaban J connectivity index is 1.67. The minimum atomic E-state index is -0.649. The Morgan fingerprint density at radius 3 is 2.16 bits per heavy atom. The molecule has 0 aliphatic carbocycles. The van der Waals surface area contributed by atoms with E-state index in [1.54, 1.807) is 44.4 Å². The third kappa shape index (κ3) is 5.29. The van der Waals surface area contributed by atoms with Crippen molar-refractivity contribution in [2.75, 3.05) is 34.4 Å². The number of benzene rings is 2. The number of methoxy groups -OCH3 is 3. The molecule has 1 heterocycles. The summed E-state index contributed by atoms with van der Waals surface area (Å²) in [5, 5.41) is 3.02. The number of hydrogen-bond acceptors (Lipinski definition) is 5. The smallest absolute Gasteiger partial charge is 0.254 e. The van der Waals surface area contributed by atoms with E-state index in [9.17, 15) is 9.59 Å². The van der Waals surface area contributed by atoms with Crippen molar-refractivity contribution < 1.29 is 23.8 Å². The number of nitrogens with zero attached hydrogens (tertiary/aromatic N) is 1. The first-order valence-corrected chi connectivity index (χ1v) is 10.3. The van der Waals surface area contributed by atoms with Gasteiger partial charge in [0, 0.05) is 31.3 Å². The molecule has 31 heavy (non-hydrogen) atoms. The molecule has 0 aromatic heterocycles. The molecule has 0 radical (unpaired) electrons. The lowest BCUT2D eigenvalue weighted by atomic mass is 9.80. The second-order valence-electron chi connectivity index (χ2n) is 8.02. The quantitative estimate of drug-likeness (QED) is 0.735. The molecular weight excluding hydrogens is 396 g/mol. The normalized spacial score (nSPS) is 18.3. The van der Waals surface area contributed by atoms with Crippen LogP contribution in [-0.4, -0.2) is 51.1 Å². The second-order valence-corrected chi connectivity index (χ2v) is 8.02. The van der Waals surface area contributed by atoms with Gasteiger partial charge in [0.2, 0.25) is 5.91 Å². The largest absolute Gasteiger partial charge is 0.497 e. The molecule has 7 nitrogen and oxygen atoms in total. The Kier molecular flexibility index (Phi) is 7.05. The molecule has 0 spiro atoms. The van der Waals surface area contributed by atoms with E-state index in [4.69, 9.17) is 14.2 Å². The van der Waals surface area contributed by atoms with Crippen molar-refractivity contribution in [1.82, 2.24) is 10.2 Å². The van der Waals surface area contributed by atoms with Crippen molar-refractivity contribution in [2.45, 2.75) is 26.3 Å². The highest BCUT2D eigenvalue weighted by molar-refractivity contribution is 5.96. The number of likely N-dealkylation sites (tertiary alicyclic amines) is 1. The third-order valence-electron chi connectivity index (χ3n) is 5.74. The molecule has 0 bridgehead atoms. The first kappa shape index (κ1) is 22.5. The second kappa shape index (κ2) is 9.73. The van der Waals surface area contributed by atoms with Gasteiger partial charge in [-0.3, -0.25) is 9.59 Å². The van der Waals surface area contributed by atoms with Gasteiger partial charge in [0.15, 0.2) is 0 Å². The number of carbonyl (C=O) groups is 2. The van der Waals surface area contributed by atoms with Gasteiger partial charge >= 0.3 is 0 Å². The fourth-order valence-corrected chi connectivity index (χ4v) is 3.85. The molecule has 2 amide bonds. The summed E-state index contributed by atoms with van der Waals surface area (Å²) >= 11 is 0. The van der Waals surface area contributed by atoms with Crippen LogP contribution in [0.5, 0.6) is 17.2 Å². The Hall–Kier alpha value is -3.22. The van der Waals surface area contributed by atoms with Crippen molar-refractivity contribution >= 4 is 11.8 Å². The van der Waals surface area contributed by atoms with Gasteiger partial charge in [0.1, 0.15) is 17.2 Å². The highest BCUT2D eigenvalue weighted by atomic mass is 16.5. The molecule has 1 saturated heterocycles. The van der Waals surface area contributed by atoms with Crippen LogP contribution in [0.3, 0.4) is 0 Å². The maximum Gasteiger partial charge on any atom is 0.254 e. The van der Waals surface area contributed by atoms with Crippen molar-refractivity contribution in [3.05, 3.63) is 53.6 Å². The summed E-state index contributed by atoms with van der Waals surface area (Å²) in [5.41, 5.74) is 0.827. The van der Waals surface area contributed by atoms with Gasteiger partial charge in [-0.2, -0.15) is 0 Å². The van der Waals surface area contributed by atoms with Gasteiger partial charge in [-0.1, -0.05) is 12.1 Å². The van der Waals surface area contributed by atoms with E-state index in [0.717, 1.165) is 24.2 Å². The van der Waals surface area contributed by atoms with Gasteiger partial charge in [0.25, 0.3) is 5.91 Å². The molecule has 1 atom stereocenters. The van der Waals surface area contributed by atoms with Crippen molar-refractivity contribution in [2.24, 2.45) is 5.41 Å². The third-order valence-corrected chi connectivity index (χ3v) is 5.74. The van der Waals surface area contributed by atoms with E-state index in [-0.39, 0.29) is 11.8 Å². The van der Waals surface area contributed by atoms with Gasteiger partial charge in [-0.05, 0) is 49.6 Å². The zero-order chi connectivity index (χ0) is 22.4. The van der Waals surface area contributed by atoms with E-state index >= 15 is 0 Å². The lowest BCUT2D eigenvalue weighted by molar-refractivity contribution is -0.132. The van der Waals surface area contributed by atoms with Crippen molar-refractivity contribution in [3.8, 4) is 17.2 Å². The number of ether oxygens (including phenoxy) is 3. The number of carbonyl (C=O) groups excluding carboxylic acids is 2. The molecule has 166 valence electrons. The van der Waals surface area contributed by atoms with Crippen LogP contribution < -0.4 is 19.5 Å². The molecule has 1 aliphatic heterocycles. The molecule has 2 aromatic rings. The first-order chi connectivity index (χ1) is 14.9. The maximum atomic E-state index is 13.2. The van der Waals surface area contributed by atoms with Crippen LogP contribution in [0.4, 0.5) is 0 Å². The van der Waals surface area contributed by atoms with E-state index in [1.165, 1.54) is 0 Å². The highest BCUT2D eigenvalue weighted by Gasteiger charge is 2.39. The summed E-state index contributed by atoms with van der Waals surface area (Å²) in [7, 11) is 4.72. The summed E-state index contributed by atoms with van der Waals surface area (Å²) in [6.45, 7) is 3.32. The molecule has 0 saturated carbocycles. The molecule has 2 aromatic carbocycles. The van der Waals surface area contributed by atoms with E-state index < -0.39 is 5.41 Å². The monoisotopic (exact) mass is 426 g/mol. The average molecular weight is 427 g/mol. The molecule has 3 rings (SSSR count). The molecule has 1 aliphatic rings. The predicted molar refractivity (Wildman–Crippen MR) is 118 cm³/mol. The summed E-state index contributed by atoms with van der Waals surface area (Å²) in [4.78, 5) is 27.9. The van der Waals surface area contributed by atoms with Crippen LogP contribution >= 0.6 is 0 Å². The number of nitrogens with one attached hydrogen (secondary N) is 1. The SMILES string of the molecule is COc1ccc(CNC(=O)[C@]2(C)CCCN(C(=O)c3cc(OC)cc(OC)c3)C2)cc1. The molecule has 7 heteroatoms. The van der Waals surface area contributed by atoms with E-state index in [1.807, 2.05) is 31.2 Å². The fraction of sp³-hybridized carbons (Fsp3) is 0.417. The minimum Gasteiger partial charge on any atom is -0.497 e. The average Bonchev–Trinajstić information content (AvgIpc) is 2.81. The van der Waals surface area contributed by atoms with Crippen LogP contribution in [0, 0.1) is 5.41 Å². The van der Waals surface area contributed by atoms with Gasteiger partial charge in [-0.15, -0.1) is 0 Å². The number of hydrogen-bond donors (Lipinski definition) is 1. The topological polar surface area (TPSA) is 77.1 Å². The summed E-state index contributed by atoms with van der Waals surface area (Å²) in [5.74, 6) is 1.70. The van der Waals surface area contributed by atoms with Gasteiger partial charge in [-0.25, -0.2) is 0 Å². The number of amides is 2. The Bertz CT molecular complexity index is 906. The Morgan fingerprint density at radius 1 is 0.968 bits per heavy atom. The Labute approximate surface area is 183 Å². The zero-order valence-corrected chi connectivity index (χ0v) is 18.6. The highest BCUT2D eigenvalue weighted by Crippen LogP contribution is 2.32. The number of piperidine rings is 1. The summed E-state index contributed by atoms with van der Waals surface area (Å²) in [6, 6.07) is 12.7. The lowest BCUT2D eigenvalue weighted by Crippen LogP contribution is -2.51. The van der Waals surface area contributed by atoms with Crippen LogP contribution in [0.2, 0.25) is 0 Å². The lowest BCUT2D eigenvalue weighted by Gasteiger charge is -2.39. The molecular formula is C24H30N2O5. The molecule has 1 N–H and O–H groups in total. The number of rotatable bonds is 7. The summed E-state index contributed by atoms with van der Waals surface area (Å²) in [6.07, 6.45) is 1.49. The van der Waals surface area contributed by atoms with Crippen LogP contribution in [-0.2, 0) is 11.3 Å². The van der Waals surface area contributed by atoms with Crippen LogP contribution in [0.1, 0.15) is 35.7 Å². The standard InChI is InChI=1S/C24H30N2O5/c1-24(23(28)25-15-17-6-8-19(29-2)9-7-17)10-5-11-26(16-24)22(27)18-12-20(30-3)14-21(13-18)31-4/h6-9,12-14H,5,10-11,15-16H2,1-4H3,(H,25,28)/t24-/m1/s1. The minimum absolute atomic E-state index is 0.0518. The Morgan fingerprint density at radius 2 is 1.58 bits per heavy atom. The predicted octanol–water partition coefficient (Wildman–Crippen LogP) is 3.27. The van der Waals surface area contributed by atoms with Crippen molar-refractivity contribution in [1.29, 1.82) is 0 Å². The van der Waals surface area contributed by atoms with E-state index in [0.29, 0.717) is 36.7 Å². The first-order valence-electron chi connectivity index (χ1n) is 10.3. The zero-order valence-electron chi connectivity index (χ0n) is 18.6. The molecule has 1 fully saturated rings. The summed E-state index contributed by atoms with van der Waals surface area (Å²) < 4.78 is 15.7. The van der Waals surface area contributed by atoms with Crippen LogP contribution in [0.15, 0.2) is 42.5 Å². The van der Waals surface area contributed by atoms with Crippen LogP contribution in [0.25, 0.3) is 0 Å². The van der Waals surface area contributed by atoms with Gasteiger partial charge in [0.05, 0.1) is 26.7 Å². The van der Waals surface area contributed by atoms with Gasteiger partial charge < -0.3 is 24.4 Å². The van der Waals surface area contributed by atoms with E-state index in [2.05, 4.69) is 5.32 Å².